The number of phenolic OH excluding ortho intramolecular Hbond substituents is 1. The summed E-state index contributed by atoms with van der Waals surface area (Å²) in [7, 11) is -9.30. The molecule has 8 aromatic rings. The van der Waals surface area contributed by atoms with Gasteiger partial charge in [-0.25, -0.2) is 8.42 Å². The van der Waals surface area contributed by atoms with Crippen molar-refractivity contribution in [2.45, 2.75) is 37.5 Å². The number of benzene rings is 8. The maximum Gasteiger partial charge on any atom is 2.00 e. The van der Waals surface area contributed by atoms with Crippen molar-refractivity contribution in [3.8, 4) is 23.0 Å². The van der Waals surface area contributed by atoms with Gasteiger partial charge in [-0.15, -0.1) is 5.11 Å². The van der Waals surface area contributed by atoms with Gasteiger partial charge in [0.15, 0.2) is 5.75 Å². The van der Waals surface area contributed by atoms with E-state index in [4.69, 9.17) is 32.7 Å². The fourth-order valence-corrected chi connectivity index (χ4v) is 9.41. The number of fused-ring (bicyclic) bond motifs is 2. The number of nitrogens with zero attached hydrogens (tertiary/aromatic N) is 4. The number of carbonyl (C=O) groups is 2. The number of ether oxygens (including phenoxy) is 2. The summed E-state index contributed by atoms with van der Waals surface area (Å²) in [5.74, 6) is -0.898. The second-order valence-electron chi connectivity index (χ2n) is 15.9. The van der Waals surface area contributed by atoms with Crippen LogP contribution in [-0.4, -0.2) is 105 Å². The van der Waals surface area contributed by atoms with Crippen LogP contribution in [0.4, 0.5) is 34.1 Å². The molecule has 0 saturated carbocycles. The number of rotatable bonds is 14. The number of nitrogens with one attached hydrogen (secondary N) is 2. The van der Waals surface area contributed by atoms with E-state index in [2.05, 4.69) is 31.1 Å². The second-order valence-corrected chi connectivity index (χ2v) is 19.4. The van der Waals surface area contributed by atoms with Crippen LogP contribution in [0.25, 0.3) is 21.5 Å². The standard InChI is InChI=1S/2C26H22ClN3O6S.Ba/c2*1-3-36-18-10-8-17(9-11-18)28-26(32)20-14-16-6-4-5-7-19(16)24(25(20)31)30-29-21-12-13-22(37(33,34)35)23(27)15(21)2;/h2*4-14,31H,3H2,1-2H3,(H,28,32)(H,33,34,35);/q;;+2/p-2. The van der Waals surface area contributed by atoms with Gasteiger partial charge in [0.2, 0.25) is 0 Å². The molecule has 0 aliphatic carbocycles. The van der Waals surface area contributed by atoms with Crippen molar-refractivity contribution in [1.29, 1.82) is 0 Å². The number of carbonyl (C=O) groups excluding carboxylic acids is 2. The monoisotopic (exact) mass is 1210 g/mol. The Labute approximate surface area is 481 Å². The fraction of sp³-hybridized carbons (Fsp3) is 0.115. The van der Waals surface area contributed by atoms with Crippen LogP contribution in [0, 0.1) is 13.8 Å². The van der Waals surface area contributed by atoms with E-state index in [1.165, 1.54) is 32.0 Å². The third-order valence-corrected chi connectivity index (χ3v) is 14.0. The summed E-state index contributed by atoms with van der Waals surface area (Å²) in [6, 6.07) is 35.2. The molecule has 8 rings (SSSR count). The van der Waals surface area contributed by atoms with Gasteiger partial charge in [0.1, 0.15) is 32.2 Å². The largest absolute Gasteiger partial charge is 2.00 e. The van der Waals surface area contributed by atoms with Gasteiger partial charge in [-0.05, 0) is 135 Å². The number of azo groups is 2. The average Bonchev–Trinajstić information content (AvgIpc) is 3.36. The maximum absolute atomic E-state index is 13.3. The average molecular weight is 1220 g/mol. The summed E-state index contributed by atoms with van der Waals surface area (Å²) in [6.45, 7) is 7.75. The molecule has 0 heterocycles. The molecule has 18 nitrogen and oxygen atoms in total. The molecular weight excluding hydrogens is 1170 g/mol. The van der Waals surface area contributed by atoms with E-state index in [0.29, 0.717) is 57.6 Å². The first kappa shape index (κ1) is 57.9. The Morgan fingerprint density at radius 1 is 0.600 bits per heavy atom. The van der Waals surface area contributed by atoms with Crippen LogP contribution in [0.1, 0.15) is 45.7 Å². The fourth-order valence-electron chi connectivity index (χ4n) is 7.29. The van der Waals surface area contributed by atoms with Crippen LogP contribution >= 0.6 is 23.2 Å². The molecule has 0 bridgehead atoms. The first-order valence-electron chi connectivity index (χ1n) is 22.1. The molecule has 380 valence electrons. The second kappa shape index (κ2) is 25.0. The summed E-state index contributed by atoms with van der Waals surface area (Å²) in [5, 5.41) is 48.1. The zero-order chi connectivity index (χ0) is 53.5. The molecule has 0 saturated heterocycles. The molecule has 23 heteroatoms. The third-order valence-electron chi connectivity index (χ3n) is 11.0. The number of hydrogen-bond donors (Lipinski definition) is 4. The van der Waals surface area contributed by atoms with E-state index < -0.39 is 47.6 Å². The number of anilines is 2. The normalized spacial score (nSPS) is 11.5. The molecule has 2 amide bonds. The van der Waals surface area contributed by atoms with E-state index in [1.54, 1.807) is 103 Å². The van der Waals surface area contributed by atoms with Crippen LogP contribution in [0.15, 0.2) is 164 Å². The zero-order valence-corrected chi connectivity index (χ0v) is 47.7. The topological polar surface area (TPSA) is 281 Å². The van der Waals surface area contributed by atoms with E-state index in [1.807, 2.05) is 13.8 Å². The van der Waals surface area contributed by atoms with Gasteiger partial charge in [0.05, 0.1) is 50.8 Å². The van der Waals surface area contributed by atoms with Crippen molar-refractivity contribution in [1.82, 2.24) is 0 Å². The zero-order valence-electron chi connectivity index (χ0n) is 40.2. The molecule has 0 unspecified atom stereocenters. The summed E-state index contributed by atoms with van der Waals surface area (Å²) in [6.07, 6.45) is 0. The smallest absolute Gasteiger partial charge is 0.870 e. The maximum atomic E-state index is 13.3. The van der Waals surface area contributed by atoms with Crippen LogP contribution in [0.5, 0.6) is 23.0 Å². The van der Waals surface area contributed by atoms with Gasteiger partial charge < -0.3 is 34.9 Å². The molecule has 75 heavy (non-hydrogen) atoms. The van der Waals surface area contributed by atoms with Gasteiger partial charge >= 0.3 is 48.9 Å². The predicted molar refractivity (Wildman–Crippen MR) is 284 cm³/mol. The molecule has 4 N–H and O–H groups in total. The quantitative estimate of drug-likeness (QED) is 0.0449. The number of phenols is 1. The number of halogens is 2. The van der Waals surface area contributed by atoms with Crippen molar-refractivity contribution >= 4 is 160 Å². The SMILES string of the molecule is CCOc1ccc(NC(=O)c2cc3ccccc3c(N=Nc3ccc(S(=O)(=O)O)c(Cl)c3C)c2O)cc1.CCOc1ccc(NC(=O)c2cc3ccccc3c(N=Nc3ccc(S(=O)(=O)[O-])c(Cl)c3C)c2[O-])cc1.[Ba+2]. The Hall–Kier alpha value is -6.41. The number of aromatic hydroxyl groups is 1. The Bertz CT molecular complexity index is 3530. The Morgan fingerprint density at radius 3 is 1.48 bits per heavy atom. The Kier molecular flexibility index (Phi) is 19.3. The van der Waals surface area contributed by atoms with Gasteiger partial charge in [0, 0.05) is 27.7 Å². The third kappa shape index (κ3) is 13.7. The minimum absolute atomic E-state index is 0. The van der Waals surface area contributed by atoms with E-state index in [0.717, 1.165) is 12.1 Å². The number of amides is 2. The summed E-state index contributed by atoms with van der Waals surface area (Å²) >= 11 is 12.2. The molecule has 0 spiro atoms. The number of hydrogen-bond acceptors (Lipinski definition) is 15. The Balaban J connectivity index is 0.000000241. The molecule has 8 aromatic carbocycles. The molecule has 0 radical (unpaired) electrons. The van der Waals surface area contributed by atoms with Crippen molar-refractivity contribution in [3.05, 3.63) is 166 Å². The first-order valence-corrected chi connectivity index (χ1v) is 25.7. The molecule has 0 aliphatic heterocycles. The van der Waals surface area contributed by atoms with E-state index >= 15 is 0 Å². The van der Waals surface area contributed by atoms with Crippen LogP contribution in [0.3, 0.4) is 0 Å². The van der Waals surface area contributed by atoms with Gasteiger partial charge in [0.25, 0.3) is 21.9 Å². The summed E-state index contributed by atoms with van der Waals surface area (Å²) < 4.78 is 77.3. The summed E-state index contributed by atoms with van der Waals surface area (Å²) in [4.78, 5) is 25.1. The van der Waals surface area contributed by atoms with Gasteiger partial charge in [-0.3, -0.25) is 14.1 Å². The molecule has 0 aliphatic rings. The molecule has 0 aromatic heterocycles. The Morgan fingerprint density at radius 2 is 1.01 bits per heavy atom. The molecular formula is C52H42BaCl2N6O12S2. The minimum Gasteiger partial charge on any atom is -0.870 e. The van der Waals surface area contributed by atoms with Crippen molar-refractivity contribution in [3.63, 3.8) is 0 Å². The van der Waals surface area contributed by atoms with Crippen molar-refractivity contribution < 1.29 is 55.2 Å². The van der Waals surface area contributed by atoms with E-state index in [-0.39, 0.29) is 110 Å². The first-order chi connectivity index (χ1) is 35.2. The van der Waals surface area contributed by atoms with E-state index in [9.17, 15) is 45.7 Å². The van der Waals surface area contributed by atoms with Crippen LogP contribution in [-0.2, 0) is 20.2 Å². The summed E-state index contributed by atoms with van der Waals surface area (Å²) in [5.41, 5.74) is 1.63. The van der Waals surface area contributed by atoms with Crippen LogP contribution in [0.2, 0.25) is 10.0 Å². The molecule has 0 atom stereocenters. The minimum atomic E-state index is -4.78. The molecule has 0 fully saturated rings. The predicted octanol–water partition coefficient (Wildman–Crippen LogP) is 12.3. The van der Waals surface area contributed by atoms with Gasteiger partial charge in [-0.2, -0.15) is 23.8 Å². The van der Waals surface area contributed by atoms with Crippen molar-refractivity contribution in [2.75, 3.05) is 23.8 Å². The van der Waals surface area contributed by atoms with Gasteiger partial charge in [-0.1, -0.05) is 77.5 Å². The van der Waals surface area contributed by atoms with Crippen molar-refractivity contribution in [2.24, 2.45) is 20.5 Å². The van der Waals surface area contributed by atoms with Crippen LogP contribution < -0.4 is 25.2 Å².